The normalized spacial score (nSPS) is 19.1. The summed E-state index contributed by atoms with van der Waals surface area (Å²) in [5, 5.41) is 3.20. The largest absolute Gasteiger partial charge is 0.271 e. The van der Waals surface area contributed by atoms with Gasteiger partial charge in [0, 0.05) is 29.5 Å². The van der Waals surface area contributed by atoms with Gasteiger partial charge in [-0.3, -0.25) is 11.3 Å². The van der Waals surface area contributed by atoms with Crippen LogP contribution in [-0.2, 0) is 11.8 Å². The van der Waals surface area contributed by atoms with Gasteiger partial charge in [0.05, 0.1) is 5.01 Å². The van der Waals surface area contributed by atoms with Gasteiger partial charge in [0.25, 0.3) is 0 Å². The van der Waals surface area contributed by atoms with Crippen molar-refractivity contribution in [3.05, 3.63) is 52.5 Å². The molecule has 1 aromatic carbocycles. The smallest absolute Gasteiger partial charge is 0.0941 e. The molecular formula is C16H21N3S. The van der Waals surface area contributed by atoms with Crippen molar-refractivity contribution in [3.8, 4) is 0 Å². The van der Waals surface area contributed by atoms with Gasteiger partial charge in [-0.2, -0.15) is 0 Å². The molecule has 0 aliphatic heterocycles. The van der Waals surface area contributed by atoms with E-state index in [0.29, 0.717) is 0 Å². The molecule has 20 heavy (non-hydrogen) atoms. The molecule has 4 heteroatoms. The Hall–Kier alpha value is -1.23. The van der Waals surface area contributed by atoms with Crippen molar-refractivity contribution in [2.24, 2.45) is 5.84 Å². The summed E-state index contributed by atoms with van der Waals surface area (Å²) in [7, 11) is 0. The predicted molar refractivity (Wildman–Crippen MR) is 83.5 cm³/mol. The van der Waals surface area contributed by atoms with E-state index in [2.05, 4.69) is 40.7 Å². The van der Waals surface area contributed by atoms with Gasteiger partial charge in [0.2, 0.25) is 0 Å². The second-order valence-corrected chi connectivity index (χ2v) is 6.56. The van der Waals surface area contributed by atoms with Crippen LogP contribution >= 0.6 is 11.3 Å². The molecule has 1 atom stereocenters. The lowest BCUT2D eigenvalue weighted by Gasteiger charge is -2.37. The molecule has 1 aliphatic carbocycles. The number of rotatable bonds is 5. The minimum atomic E-state index is 0.154. The number of hydrogen-bond donors (Lipinski definition) is 2. The topological polar surface area (TPSA) is 50.9 Å². The second kappa shape index (κ2) is 6.04. The van der Waals surface area contributed by atoms with E-state index in [1.54, 1.807) is 11.3 Å². The van der Waals surface area contributed by atoms with E-state index < -0.39 is 0 Å². The fourth-order valence-electron chi connectivity index (χ4n) is 3.56. The van der Waals surface area contributed by atoms with Crippen LogP contribution in [0.4, 0.5) is 0 Å². The third kappa shape index (κ3) is 2.51. The van der Waals surface area contributed by atoms with Crippen LogP contribution in [0.5, 0.6) is 0 Å². The van der Waals surface area contributed by atoms with Gasteiger partial charge in [-0.1, -0.05) is 43.2 Å². The molecule has 3 nitrogen and oxygen atoms in total. The Morgan fingerprint density at radius 1 is 1.25 bits per heavy atom. The molecule has 1 saturated carbocycles. The fourth-order valence-corrected chi connectivity index (χ4v) is 4.22. The van der Waals surface area contributed by atoms with E-state index in [1.807, 2.05) is 11.6 Å². The molecule has 1 aromatic heterocycles. The highest BCUT2D eigenvalue weighted by Crippen LogP contribution is 2.44. The molecule has 1 heterocycles. The minimum Gasteiger partial charge on any atom is -0.271 e. The summed E-state index contributed by atoms with van der Waals surface area (Å²) in [4.78, 5) is 4.42. The Morgan fingerprint density at radius 3 is 2.60 bits per heavy atom. The first-order valence-electron chi connectivity index (χ1n) is 7.25. The van der Waals surface area contributed by atoms with Crippen molar-refractivity contribution >= 4 is 11.3 Å². The molecule has 0 saturated heterocycles. The lowest BCUT2D eigenvalue weighted by molar-refractivity contribution is 0.296. The van der Waals surface area contributed by atoms with Gasteiger partial charge < -0.3 is 0 Å². The van der Waals surface area contributed by atoms with E-state index >= 15 is 0 Å². The molecule has 0 spiro atoms. The third-order valence-electron chi connectivity index (χ3n) is 4.57. The Bertz CT molecular complexity index is 518. The summed E-state index contributed by atoms with van der Waals surface area (Å²) in [6.07, 6.45) is 7.75. The van der Waals surface area contributed by atoms with Gasteiger partial charge in [0.1, 0.15) is 0 Å². The molecule has 0 bridgehead atoms. The summed E-state index contributed by atoms with van der Waals surface area (Å²) in [6.45, 7) is 0. The highest BCUT2D eigenvalue weighted by Gasteiger charge is 2.42. The fraction of sp³-hybridized carbons (Fsp3) is 0.438. The first kappa shape index (κ1) is 13.7. The maximum absolute atomic E-state index is 5.92. The van der Waals surface area contributed by atoms with Gasteiger partial charge in [-0.25, -0.2) is 4.98 Å². The van der Waals surface area contributed by atoms with Crippen LogP contribution in [-0.4, -0.2) is 11.0 Å². The number of hydrogen-bond acceptors (Lipinski definition) is 4. The summed E-state index contributed by atoms with van der Waals surface area (Å²) >= 11 is 1.71. The zero-order chi connectivity index (χ0) is 13.8. The van der Waals surface area contributed by atoms with E-state index in [-0.39, 0.29) is 11.5 Å². The number of aromatic nitrogens is 1. The quantitative estimate of drug-likeness (QED) is 0.656. The zero-order valence-electron chi connectivity index (χ0n) is 11.6. The van der Waals surface area contributed by atoms with Gasteiger partial charge in [0.15, 0.2) is 0 Å². The van der Waals surface area contributed by atoms with Crippen molar-refractivity contribution in [3.63, 3.8) is 0 Å². The summed E-state index contributed by atoms with van der Waals surface area (Å²) in [6, 6.07) is 11.1. The number of thiazole rings is 1. The van der Waals surface area contributed by atoms with E-state index in [1.165, 1.54) is 31.2 Å². The first-order valence-corrected chi connectivity index (χ1v) is 8.13. The standard InChI is InChI=1S/C16H21N3S/c17-19-14(12-15-18-10-11-20-15)16(8-4-5-9-16)13-6-2-1-3-7-13/h1-3,6-7,10-11,14,19H,4-5,8-9,12,17H2. The number of benzene rings is 1. The molecule has 1 unspecified atom stereocenters. The van der Waals surface area contributed by atoms with Crippen LogP contribution in [0.2, 0.25) is 0 Å². The number of nitrogens with two attached hydrogens (primary N) is 1. The molecule has 1 fully saturated rings. The van der Waals surface area contributed by atoms with Crippen LogP contribution < -0.4 is 11.3 Å². The third-order valence-corrected chi connectivity index (χ3v) is 5.38. The van der Waals surface area contributed by atoms with Crippen LogP contribution in [0.1, 0.15) is 36.3 Å². The molecule has 106 valence electrons. The lowest BCUT2D eigenvalue weighted by atomic mass is 9.72. The molecule has 2 aromatic rings. The molecule has 1 aliphatic rings. The van der Waals surface area contributed by atoms with E-state index in [9.17, 15) is 0 Å². The Balaban J connectivity index is 1.92. The van der Waals surface area contributed by atoms with Crippen LogP contribution in [0.25, 0.3) is 0 Å². The van der Waals surface area contributed by atoms with Crippen LogP contribution in [0.3, 0.4) is 0 Å². The van der Waals surface area contributed by atoms with Gasteiger partial charge in [-0.05, 0) is 18.4 Å². The maximum atomic E-state index is 5.92. The second-order valence-electron chi connectivity index (χ2n) is 5.58. The molecular weight excluding hydrogens is 266 g/mol. The van der Waals surface area contributed by atoms with Crippen molar-refractivity contribution in [1.82, 2.24) is 10.4 Å². The van der Waals surface area contributed by atoms with Crippen LogP contribution in [0.15, 0.2) is 41.9 Å². The molecule has 3 N–H and O–H groups in total. The number of nitrogens with zero attached hydrogens (tertiary/aromatic N) is 1. The zero-order valence-corrected chi connectivity index (χ0v) is 12.4. The molecule has 0 amide bonds. The highest BCUT2D eigenvalue weighted by atomic mass is 32.1. The monoisotopic (exact) mass is 287 g/mol. The highest BCUT2D eigenvalue weighted by molar-refractivity contribution is 7.09. The average Bonchev–Trinajstić information content (AvgIpc) is 3.18. The lowest BCUT2D eigenvalue weighted by Crippen LogP contribution is -2.51. The van der Waals surface area contributed by atoms with E-state index in [4.69, 9.17) is 5.84 Å². The molecule has 3 rings (SSSR count). The van der Waals surface area contributed by atoms with E-state index in [0.717, 1.165) is 11.4 Å². The van der Waals surface area contributed by atoms with Crippen molar-refractivity contribution < 1.29 is 0 Å². The Kier molecular flexibility index (Phi) is 4.15. The Labute approximate surface area is 124 Å². The number of hydrazine groups is 1. The van der Waals surface area contributed by atoms with Crippen LogP contribution in [0, 0.1) is 0 Å². The van der Waals surface area contributed by atoms with Crippen molar-refractivity contribution in [2.75, 3.05) is 0 Å². The van der Waals surface area contributed by atoms with Gasteiger partial charge in [-0.15, -0.1) is 11.3 Å². The summed E-state index contributed by atoms with van der Waals surface area (Å²) in [5.74, 6) is 5.92. The van der Waals surface area contributed by atoms with Crippen molar-refractivity contribution in [1.29, 1.82) is 0 Å². The Morgan fingerprint density at radius 2 is 2.00 bits per heavy atom. The van der Waals surface area contributed by atoms with Gasteiger partial charge >= 0.3 is 0 Å². The predicted octanol–water partition coefficient (Wildman–Crippen LogP) is 3.03. The summed E-state index contributed by atoms with van der Waals surface area (Å²) in [5.41, 5.74) is 4.66. The first-order chi connectivity index (χ1) is 9.85. The molecule has 0 radical (unpaired) electrons. The maximum Gasteiger partial charge on any atom is 0.0941 e. The van der Waals surface area contributed by atoms with Crippen molar-refractivity contribution in [2.45, 2.75) is 43.6 Å². The average molecular weight is 287 g/mol. The number of nitrogens with one attached hydrogen (secondary N) is 1. The summed E-state index contributed by atoms with van der Waals surface area (Å²) < 4.78 is 0. The minimum absolute atomic E-state index is 0.154. The SMILES string of the molecule is NNC(Cc1nccs1)C1(c2ccccc2)CCCC1.